The van der Waals surface area contributed by atoms with Crippen molar-refractivity contribution in [3.63, 3.8) is 0 Å². The molecular formula is C15H15N3OS. The van der Waals surface area contributed by atoms with E-state index >= 15 is 0 Å². The van der Waals surface area contributed by atoms with Crippen LogP contribution in [-0.4, -0.2) is 15.9 Å². The highest BCUT2D eigenvalue weighted by Crippen LogP contribution is 2.37. The van der Waals surface area contributed by atoms with E-state index in [9.17, 15) is 4.79 Å². The fourth-order valence-corrected chi connectivity index (χ4v) is 3.74. The summed E-state index contributed by atoms with van der Waals surface area (Å²) in [7, 11) is 0. The van der Waals surface area contributed by atoms with Crippen LogP contribution in [0.4, 0.5) is 5.69 Å². The molecule has 0 atom stereocenters. The summed E-state index contributed by atoms with van der Waals surface area (Å²) >= 11 is 1.61. The Bertz CT molecular complexity index is 637. The van der Waals surface area contributed by atoms with E-state index in [2.05, 4.69) is 15.3 Å². The molecule has 1 fully saturated rings. The minimum atomic E-state index is -0.0489. The number of fused-ring (bicyclic) bond motifs is 1. The lowest BCUT2D eigenvalue weighted by atomic mass is 10.2. The molecule has 2 heterocycles. The van der Waals surface area contributed by atoms with Gasteiger partial charge < -0.3 is 5.32 Å². The Balaban J connectivity index is 1.48. The van der Waals surface area contributed by atoms with E-state index in [4.69, 9.17) is 0 Å². The van der Waals surface area contributed by atoms with E-state index in [-0.39, 0.29) is 5.91 Å². The summed E-state index contributed by atoms with van der Waals surface area (Å²) in [5, 5.41) is 2.88. The number of carbonyl (C=O) groups is 1. The third kappa shape index (κ3) is 2.22. The molecule has 2 aromatic heterocycles. The van der Waals surface area contributed by atoms with Gasteiger partial charge in [0.1, 0.15) is 5.82 Å². The van der Waals surface area contributed by atoms with E-state index in [1.807, 2.05) is 6.07 Å². The third-order valence-electron chi connectivity index (χ3n) is 3.84. The van der Waals surface area contributed by atoms with Gasteiger partial charge in [0.2, 0.25) is 0 Å². The monoisotopic (exact) mass is 285 g/mol. The summed E-state index contributed by atoms with van der Waals surface area (Å²) < 4.78 is 0. The van der Waals surface area contributed by atoms with Crippen LogP contribution in [0.15, 0.2) is 18.5 Å². The van der Waals surface area contributed by atoms with Crippen molar-refractivity contribution in [2.75, 3.05) is 5.32 Å². The molecule has 20 heavy (non-hydrogen) atoms. The molecule has 5 heteroatoms. The molecular weight excluding hydrogens is 270 g/mol. The van der Waals surface area contributed by atoms with Gasteiger partial charge in [0, 0.05) is 10.8 Å². The van der Waals surface area contributed by atoms with E-state index in [1.165, 1.54) is 29.7 Å². The number of nitrogens with zero attached hydrogens (tertiary/aromatic N) is 2. The summed E-state index contributed by atoms with van der Waals surface area (Å²) in [6, 6.07) is 2.03. The zero-order chi connectivity index (χ0) is 13.5. The zero-order valence-electron chi connectivity index (χ0n) is 11.1. The van der Waals surface area contributed by atoms with Crippen LogP contribution in [0.1, 0.15) is 51.1 Å². The van der Waals surface area contributed by atoms with Gasteiger partial charge in [0.05, 0.1) is 23.0 Å². The molecule has 1 saturated carbocycles. The molecule has 4 rings (SSSR count). The minimum Gasteiger partial charge on any atom is -0.319 e. The molecule has 2 aliphatic carbocycles. The molecule has 0 aliphatic heterocycles. The highest BCUT2D eigenvalue weighted by Gasteiger charge is 2.26. The van der Waals surface area contributed by atoms with Crippen molar-refractivity contribution in [3.05, 3.63) is 39.6 Å². The largest absolute Gasteiger partial charge is 0.319 e. The third-order valence-corrected chi connectivity index (χ3v) is 5.08. The Kier molecular flexibility index (Phi) is 2.80. The predicted octanol–water partition coefficient (Wildman–Crippen LogP) is 3.16. The molecule has 0 radical (unpaired) electrons. The summed E-state index contributed by atoms with van der Waals surface area (Å²) in [5.41, 5.74) is 2.02. The summed E-state index contributed by atoms with van der Waals surface area (Å²) in [6.07, 6.45) is 9.24. The minimum absolute atomic E-state index is 0.0489. The Morgan fingerprint density at radius 3 is 2.75 bits per heavy atom. The summed E-state index contributed by atoms with van der Waals surface area (Å²) in [6.45, 7) is 0. The molecule has 0 saturated heterocycles. The van der Waals surface area contributed by atoms with Crippen molar-refractivity contribution in [3.8, 4) is 0 Å². The maximum atomic E-state index is 12.2. The molecule has 2 aromatic rings. The number of aryl methyl sites for hydroxylation is 2. The Morgan fingerprint density at radius 2 is 2.05 bits per heavy atom. The maximum absolute atomic E-state index is 12.2. The number of nitrogens with one attached hydrogen (secondary N) is 1. The van der Waals surface area contributed by atoms with Gasteiger partial charge in [0.25, 0.3) is 5.91 Å². The number of amides is 1. The van der Waals surface area contributed by atoms with Gasteiger partial charge in [-0.25, -0.2) is 9.97 Å². The smallest absolute Gasteiger partial charge is 0.265 e. The highest BCUT2D eigenvalue weighted by atomic mass is 32.1. The molecule has 1 amide bonds. The number of hydrogen-bond acceptors (Lipinski definition) is 4. The lowest BCUT2D eigenvalue weighted by Gasteiger charge is -2.03. The first-order valence-corrected chi connectivity index (χ1v) is 7.86. The van der Waals surface area contributed by atoms with Crippen molar-refractivity contribution in [1.29, 1.82) is 0 Å². The topological polar surface area (TPSA) is 54.9 Å². The van der Waals surface area contributed by atoms with Crippen LogP contribution in [0.3, 0.4) is 0 Å². The van der Waals surface area contributed by atoms with E-state index in [0.29, 0.717) is 11.6 Å². The summed E-state index contributed by atoms with van der Waals surface area (Å²) in [4.78, 5) is 23.0. The number of aromatic nitrogens is 2. The van der Waals surface area contributed by atoms with Gasteiger partial charge in [-0.15, -0.1) is 11.3 Å². The molecule has 0 aromatic carbocycles. The number of thiophene rings is 1. The van der Waals surface area contributed by atoms with E-state index < -0.39 is 0 Å². The fraction of sp³-hybridized carbons (Fsp3) is 0.400. The average Bonchev–Trinajstić information content (AvgIpc) is 3.07. The fourth-order valence-electron chi connectivity index (χ4n) is 2.59. The van der Waals surface area contributed by atoms with Crippen molar-refractivity contribution in [2.45, 2.75) is 38.0 Å². The Labute approximate surface area is 121 Å². The second-order valence-electron chi connectivity index (χ2n) is 5.47. The molecule has 1 N–H and O–H groups in total. The number of anilines is 1. The number of carbonyl (C=O) groups excluding carboxylic acids is 1. The van der Waals surface area contributed by atoms with Gasteiger partial charge in [-0.1, -0.05) is 0 Å². The van der Waals surface area contributed by atoms with E-state index in [0.717, 1.165) is 23.5 Å². The molecule has 4 nitrogen and oxygen atoms in total. The van der Waals surface area contributed by atoms with Gasteiger partial charge in [-0.05, 0) is 43.7 Å². The van der Waals surface area contributed by atoms with Crippen LogP contribution in [0.2, 0.25) is 0 Å². The van der Waals surface area contributed by atoms with Crippen molar-refractivity contribution in [2.24, 2.45) is 0 Å². The average molecular weight is 285 g/mol. The van der Waals surface area contributed by atoms with Crippen LogP contribution in [-0.2, 0) is 12.8 Å². The van der Waals surface area contributed by atoms with E-state index in [1.54, 1.807) is 23.7 Å². The molecule has 0 bridgehead atoms. The second kappa shape index (κ2) is 4.66. The van der Waals surface area contributed by atoms with Crippen LogP contribution >= 0.6 is 11.3 Å². The standard InChI is InChI=1S/C15H15N3OS/c19-15(13-6-10-2-1-3-12(10)20-13)18-11-7-16-14(17-8-11)9-4-5-9/h6-9H,1-5H2,(H,18,19). The first-order valence-electron chi connectivity index (χ1n) is 7.04. The lowest BCUT2D eigenvalue weighted by Crippen LogP contribution is -2.11. The van der Waals surface area contributed by atoms with Crippen LogP contribution in [0, 0.1) is 0 Å². The van der Waals surface area contributed by atoms with Crippen molar-refractivity contribution in [1.82, 2.24) is 9.97 Å². The highest BCUT2D eigenvalue weighted by molar-refractivity contribution is 7.14. The maximum Gasteiger partial charge on any atom is 0.265 e. The van der Waals surface area contributed by atoms with Gasteiger partial charge in [-0.2, -0.15) is 0 Å². The van der Waals surface area contributed by atoms with Crippen molar-refractivity contribution < 1.29 is 4.79 Å². The molecule has 102 valence electrons. The lowest BCUT2D eigenvalue weighted by molar-refractivity contribution is 0.103. The molecule has 0 spiro atoms. The first kappa shape index (κ1) is 12.0. The predicted molar refractivity (Wildman–Crippen MR) is 78.3 cm³/mol. The summed E-state index contributed by atoms with van der Waals surface area (Å²) in [5.74, 6) is 1.39. The Morgan fingerprint density at radius 1 is 1.25 bits per heavy atom. The molecule has 0 unspecified atom stereocenters. The number of rotatable bonds is 3. The van der Waals surface area contributed by atoms with Gasteiger partial charge in [-0.3, -0.25) is 4.79 Å². The second-order valence-corrected chi connectivity index (χ2v) is 6.61. The Hall–Kier alpha value is -1.75. The van der Waals surface area contributed by atoms with Gasteiger partial charge >= 0.3 is 0 Å². The van der Waals surface area contributed by atoms with Crippen molar-refractivity contribution >= 4 is 22.9 Å². The van der Waals surface area contributed by atoms with Gasteiger partial charge in [0.15, 0.2) is 0 Å². The van der Waals surface area contributed by atoms with Crippen LogP contribution < -0.4 is 5.32 Å². The quantitative estimate of drug-likeness (QED) is 0.942. The first-order chi connectivity index (χ1) is 9.79. The molecule has 2 aliphatic rings. The van der Waals surface area contributed by atoms with Crippen LogP contribution in [0.25, 0.3) is 0 Å². The SMILES string of the molecule is O=C(Nc1cnc(C2CC2)nc1)c1cc2c(s1)CCC2. The zero-order valence-corrected chi connectivity index (χ0v) is 11.9. The van der Waals surface area contributed by atoms with Crippen LogP contribution in [0.5, 0.6) is 0 Å². The normalized spacial score (nSPS) is 17.0. The number of hydrogen-bond donors (Lipinski definition) is 1.